The van der Waals surface area contributed by atoms with Gasteiger partial charge in [-0.15, -0.1) is 11.8 Å². The molecule has 0 spiro atoms. The third-order valence-corrected chi connectivity index (χ3v) is 20.2. The van der Waals surface area contributed by atoms with Crippen LogP contribution in [-0.2, 0) is 29.3 Å². The first-order valence-electron chi connectivity index (χ1n) is 27.4. The van der Waals surface area contributed by atoms with Gasteiger partial charge in [0.05, 0.1) is 23.8 Å². The van der Waals surface area contributed by atoms with E-state index in [2.05, 4.69) is 44.0 Å². The molecule has 0 aromatic heterocycles. The number of hydrogen-bond acceptors (Lipinski definition) is 14. The molecule has 0 saturated carbocycles. The average Bonchev–Trinajstić information content (AvgIpc) is 4.13. The fourth-order valence-corrected chi connectivity index (χ4v) is 14.8. The van der Waals surface area contributed by atoms with Crippen LogP contribution < -0.4 is 14.9 Å². The third kappa shape index (κ3) is 15.0. The molecule has 22 heteroatoms. The van der Waals surface area contributed by atoms with E-state index in [0.717, 1.165) is 94.3 Å². The largest absolute Gasteiger partial charge is 0.501 e. The van der Waals surface area contributed by atoms with Gasteiger partial charge >= 0.3 is 11.6 Å². The molecule has 4 aromatic rings. The second-order valence-electron chi connectivity index (χ2n) is 23.2. The fourth-order valence-electron chi connectivity index (χ4n) is 11.6. The van der Waals surface area contributed by atoms with Crippen LogP contribution in [0.5, 0.6) is 0 Å². The quantitative estimate of drug-likeness (QED) is 0.0907. The normalized spacial score (nSPS) is 22.3. The van der Waals surface area contributed by atoms with E-state index >= 15 is 0 Å². The zero-order valence-corrected chi connectivity index (χ0v) is 49.1. The Morgan fingerprint density at radius 3 is 2.11 bits per heavy atom. The van der Waals surface area contributed by atoms with Gasteiger partial charge in [0.25, 0.3) is 25.8 Å². The van der Waals surface area contributed by atoms with Gasteiger partial charge in [-0.1, -0.05) is 54.4 Å². The smallest absolute Gasteiger partial charge is 0.444 e. The second kappa shape index (κ2) is 24.9. The van der Waals surface area contributed by atoms with Crippen LogP contribution in [-0.4, -0.2) is 170 Å². The number of anilines is 2. The molecule has 15 nitrogen and oxygen atoms in total. The lowest BCUT2D eigenvalue weighted by molar-refractivity contribution is -0.0436. The third-order valence-electron chi connectivity index (χ3n) is 15.9. The van der Waals surface area contributed by atoms with Gasteiger partial charge in [0.2, 0.25) is 0 Å². The van der Waals surface area contributed by atoms with E-state index in [0.29, 0.717) is 81.0 Å². The summed E-state index contributed by atoms with van der Waals surface area (Å²) in [5.74, 6) is 0.165. The lowest BCUT2D eigenvalue weighted by atomic mass is 9.71. The first-order valence-corrected chi connectivity index (χ1v) is 31.7. The predicted molar refractivity (Wildman–Crippen MR) is 307 cm³/mol. The Bertz CT molecular complexity index is 3070. The average molecular weight is 1180 g/mol. The van der Waals surface area contributed by atoms with E-state index in [4.69, 9.17) is 21.1 Å². The van der Waals surface area contributed by atoms with Crippen LogP contribution in [0.15, 0.2) is 117 Å². The number of sulfonamides is 1. The number of rotatable bonds is 18. The Labute approximate surface area is 478 Å². The monoisotopic (exact) mass is 1180 g/mol. The van der Waals surface area contributed by atoms with Crippen molar-refractivity contribution in [1.29, 1.82) is 0 Å². The van der Waals surface area contributed by atoms with E-state index in [9.17, 15) is 39.6 Å². The number of carbonyl (C=O) groups is 2. The van der Waals surface area contributed by atoms with Crippen molar-refractivity contribution in [3.8, 4) is 0 Å². The van der Waals surface area contributed by atoms with Crippen LogP contribution in [0, 0.1) is 17.3 Å². The Morgan fingerprint density at radius 2 is 1.48 bits per heavy atom. The number of alkyl halides is 3. The van der Waals surface area contributed by atoms with Gasteiger partial charge < -0.3 is 29.5 Å². The van der Waals surface area contributed by atoms with Crippen LogP contribution in [0.1, 0.15) is 69.3 Å². The van der Waals surface area contributed by atoms with Crippen molar-refractivity contribution in [3.63, 3.8) is 0 Å². The summed E-state index contributed by atoms with van der Waals surface area (Å²) in [6.07, 6.45) is 3.09. The summed E-state index contributed by atoms with van der Waals surface area (Å²) in [6, 6.07) is 25.9. The Kier molecular flexibility index (Phi) is 18.6. The Morgan fingerprint density at radius 1 is 0.825 bits per heavy atom. The second-order valence-corrected chi connectivity index (χ2v) is 28.4. The molecule has 1 aliphatic carbocycles. The molecule has 4 aliphatic heterocycles. The van der Waals surface area contributed by atoms with Gasteiger partial charge in [-0.2, -0.15) is 13.2 Å². The number of likely N-dealkylation sites (tertiary alicyclic amines) is 1. The molecule has 4 heterocycles. The summed E-state index contributed by atoms with van der Waals surface area (Å²) >= 11 is 7.79. The van der Waals surface area contributed by atoms with Crippen LogP contribution in [0.2, 0.25) is 5.02 Å². The van der Waals surface area contributed by atoms with E-state index in [-0.39, 0.29) is 17.1 Å². The van der Waals surface area contributed by atoms with Gasteiger partial charge in [0.1, 0.15) is 10.5 Å². The topological polar surface area (TPSA) is 161 Å². The van der Waals surface area contributed by atoms with Gasteiger partial charge in [0, 0.05) is 130 Å². The van der Waals surface area contributed by atoms with Crippen LogP contribution in [0.4, 0.5) is 29.3 Å². The summed E-state index contributed by atoms with van der Waals surface area (Å²) in [7, 11) is -11.0. The summed E-state index contributed by atoms with van der Waals surface area (Å²) in [6.45, 7) is 19.1. The number of benzene rings is 4. The summed E-state index contributed by atoms with van der Waals surface area (Å²) in [5, 5.41) is 3.73. The first kappa shape index (κ1) is 59.7. The minimum atomic E-state index is -6.08. The summed E-state index contributed by atoms with van der Waals surface area (Å²) < 4.78 is 110. The number of nitrogens with zero attached hydrogens (tertiary/aromatic N) is 5. The molecule has 2 N–H and O–H groups in total. The molecule has 4 atom stereocenters. The van der Waals surface area contributed by atoms with E-state index < -0.39 is 58.4 Å². The number of thioether (sulfide) groups is 1. The van der Waals surface area contributed by atoms with Crippen LogP contribution >= 0.6 is 23.4 Å². The number of fused-ring (bicyclic) bond motifs is 1. The number of sulfone groups is 1. The van der Waals surface area contributed by atoms with Crippen molar-refractivity contribution in [1.82, 2.24) is 24.3 Å². The van der Waals surface area contributed by atoms with Crippen molar-refractivity contribution in [2.75, 3.05) is 114 Å². The minimum Gasteiger partial charge on any atom is -0.444 e. The highest BCUT2D eigenvalue weighted by atomic mass is 35.5. The molecule has 2 amide bonds. The van der Waals surface area contributed by atoms with Crippen LogP contribution in [0.25, 0.3) is 5.57 Å². The SMILES string of the molecule is CC(C)(C)OC(=O)N1CCN(C[C@]2(C)CCC(c3ccc(Cl)cc3)=C(CN3CCN(c4ccc(C(=O)NS(=O)(=O)c5ccc(NC(CCN6CC7COCC7C6)CSc6ccccc6)c(S(=O)(=O)C(F)(F)F)c5)cc4)CC3)C2)CC1. The number of piperazine rings is 2. The molecule has 4 saturated heterocycles. The molecule has 434 valence electrons. The Balaban J connectivity index is 0.829. The van der Waals surface area contributed by atoms with E-state index in [1.165, 1.54) is 40.6 Å². The van der Waals surface area contributed by atoms with Crippen molar-refractivity contribution >= 4 is 72.2 Å². The fraction of sp³-hybridized carbons (Fsp3) is 0.517. The lowest BCUT2D eigenvalue weighted by Gasteiger charge is -2.44. The maximum atomic E-state index is 14.4. The predicted octanol–water partition coefficient (Wildman–Crippen LogP) is 9.61. The molecule has 4 aromatic carbocycles. The summed E-state index contributed by atoms with van der Waals surface area (Å²) in [5.41, 5.74) is -1.92. The Hall–Kier alpha value is -4.87. The molecular formula is C58H73ClF3N7O8S3. The number of hydrogen-bond donors (Lipinski definition) is 2. The summed E-state index contributed by atoms with van der Waals surface area (Å²) in [4.78, 5) is 36.4. The molecule has 0 bridgehead atoms. The van der Waals surface area contributed by atoms with Gasteiger partial charge in [-0.25, -0.2) is 26.4 Å². The zero-order chi connectivity index (χ0) is 57.0. The molecule has 9 rings (SSSR count). The lowest BCUT2D eigenvalue weighted by Crippen LogP contribution is -2.52. The molecule has 80 heavy (non-hydrogen) atoms. The molecule has 0 radical (unpaired) electrons. The number of ether oxygens (including phenoxy) is 2. The highest BCUT2D eigenvalue weighted by molar-refractivity contribution is 7.99. The maximum Gasteiger partial charge on any atom is 0.501 e. The number of allylic oxidation sites excluding steroid dienone is 1. The van der Waals surface area contributed by atoms with Crippen molar-refractivity contribution in [2.45, 2.75) is 85.2 Å². The van der Waals surface area contributed by atoms with Gasteiger partial charge in [-0.3, -0.25) is 14.6 Å². The minimum absolute atomic E-state index is 0.0165. The van der Waals surface area contributed by atoms with Crippen LogP contribution in [0.3, 0.4) is 0 Å². The van der Waals surface area contributed by atoms with Gasteiger partial charge in [0.15, 0.2) is 0 Å². The van der Waals surface area contributed by atoms with E-state index in [1.807, 2.05) is 68.0 Å². The highest BCUT2D eigenvalue weighted by Gasteiger charge is 2.49. The van der Waals surface area contributed by atoms with E-state index in [1.54, 1.807) is 17.0 Å². The van der Waals surface area contributed by atoms with Crippen molar-refractivity contribution in [3.05, 3.63) is 119 Å². The van der Waals surface area contributed by atoms with Crippen molar-refractivity contribution in [2.24, 2.45) is 17.3 Å². The maximum absolute atomic E-state index is 14.4. The number of nitrogens with one attached hydrogen (secondary N) is 2. The standard InChI is InChI=1S/C58H73ClF3N7O8S3/c1-56(2,3)77-55(71)69-30-26-66(27-31-69)40-57(4)22-20-51(41-10-14-46(59)15-11-41)43(33-57)34-65-24-28-68(29-25-65)48-16-12-42(13-17-48)54(70)64-80(74,75)50-18-19-52(53(32-50)79(72,73)58(60,61)62)63-47(39-78-49-8-6-5-7-9-49)21-23-67-35-44-37-76-38-45(44)36-67/h5-19,32,44-45,47,63H,20-31,33-40H2,1-4H3,(H,64,70)/t44?,45?,47?,57-/m1/s1. The number of carbonyl (C=O) groups excluding carboxylic acids is 2. The molecule has 3 unspecified atom stereocenters. The molecular weight excluding hydrogens is 1110 g/mol. The highest BCUT2D eigenvalue weighted by Crippen LogP contribution is 2.44. The number of amides is 2. The van der Waals surface area contributed by atoms with Gasteiger partial charge in [-0.05, 0) is 130 Å². The molecule has 5 aliphatic rings. The van der Waals surface area contributed by atoms with Crippen molar-refractivity contribution < 1.29 is 49.1 Å². The first-order chi connectivity index (χ1) is 37.9. The zero-order valence-electron chi connectivity index (χ0n) is 45.9. The number of halogens is 4. The molecule has 4 fully saturated rings.